The Morgan fingerprint density at radius 3 is 2.95 bits per heavy atom. The maximum atomic E-state index is 11.0. The lowest BCUT2D eigenvalue weighted by atomic mass is 10.2. The van der Waals surface area contributed by atoms with Gasteiger partial charge in [-0.1, -0.05) is 11.6 Å². The maximum Gasteiger partial charge on any atom is 0.337 e. The molecule has 1 aliphatic rings. The fraction of sp³-hybridized carbons (Fsp3) is 0.214. The van der Waals surface area contributed by atoms with Crippen molar-refractivity contribution < 1.29 is 14.6 Å². The van der Waals surface area contributed by atoms with Crippen LogP contribution in [-0.2, 0) is 12.8 Å². The van der Waals surface area contributed by atoms with Crippen molar-refractivity contribution in [3.63, 3.8) is 0 Å². The molecule has 0 amide bonds. The number of aryl methyl sites for hydroxylation is 1. The molecule has 1 aliphatic carbocycles. The van der Waals surface area contributed by atoms with Crippen LogP contribution in [0.4, 0.5) is 0 Å². The molecule has 0 atom stereocenters. The highest BCUT2D eigenvalue weighted by Gasteiger charge is 2.19. The first kappa shape index (κ1) is 12.9. The molecule has 2 aromatic rings. The molecule has 1 N–H and O–H groups in total. The minimum atomic E-state index is -1.09. The van der Waals surface area contributed by atoms with Gasteiger partial charge in [-0.3, -0.25) is 0 Å². The summed E-state index contributed by atoms with van der Waals surface area (Å²) in [6.07, 6.45) is 4.30. The Hall–Kier alpha value is -2.14. The van der Waals surface area contributed by atoms with Crippen LogP contribution in [0.2, 0.25) is 5.02 Å². The summed E-state index contributed by atoms with van der Waals surface area (Å²) in [5, 5.41) is 9.22. The van der Waals surface area contributed by atoms with Crippen molar-refractivity contribution in [2.24, 2.45) is 0 Å². The number of carboxylic acids is 1. The van der Waals surface area contributed by atoms with E-state index in [4.69, 9.17) is 21.4 Å². The summed E-state index contributed by atoms with van der Waals surface area (Å²) in [6.45, 7) is 0. The van der Waals surface area contributed by atoms with Crippen LogP contribution in [0.15, 0.2) is 24.5 Å². The average Bonchev–Trinajstić information content (AvgIpc) is 2.90. The minimum absolute atomic E-state index is 0.00914. The maximum absolute atomic E-state index is 11.0. The smallest absolute Gasteiger partial charge is 0.337 e. The van der Waals surface area contributed by atoms with E-state index in [1.165, 1.54) is 18.5 Å². The quantitative estimate of drug-likeness (QED) is 0.940. The Bertz CT molecular complexity index is 688. The SMILES string of the molecule is O=C(O)c1cc(Oc2ncnc3c2CCC3)ccc1Cl. The van der Waals surface area contributed by atoms with Crippen LogP contribution < -0.4 is 4.74 Å². The van der Waals surface area contributed by atoms with E-state index in [-0.39, 0.29) is 10.6 Å². The van der Waals surface area contributed by atoms with Gasteiger partial charge in [0.05, 0.1) is 16.3 Å². The van der Waals surface area contributed by atoms with Crippen LogP contribution in [0.3, 0.4) is 0 Å². The molecule has 0 bridgehead atoms. The van der Waals surface area contributed by atoms with Crippen molar-refractivity contribution >= 4 is 17.6 Å². The van der Waals surface area contributed by atoms with E-state index < -0.39 is 5.97 Å². The summed E-state index contributed by atoms with van der Waals surface area (Å²) in [5.74, 6) is -0.195. The normalized spacial score (nSPS) is 13.1. The van der Waals surface area contributed by atoms with Crippen LogP contribution in [0.25, 0.3) is 0 Å². The van der Waals surface area contributed by atoms with E-state index in [9.17, 15) is 4.79 Å². The second kappa shape index (κ2) is 5.09. The number of aromatic carboxylic acids is 1. The molecule has 0 spiro atoms. The number of nitrogens with zero attached hydrogens (tertiary/aromatic N) is 2. The molecule has 1 aromatic carbocycles. The Labute approximate surface area is 120 Å². The highest BCUT2D eigenvalue weighted by atomic mass is 35.5. The van der Waals surface area contributed by atoms with Gasteiger partial charge in [0.15, 0.2) is 0 Å². The topological polar surface area (TPSA) is 72.3 Å². The van der Waals surface area contributed by atoms with E-state index >= 15 is 0 Å². The molecule has 0 fully saturated rings. The van der Waals surface area contributed by atoms with E-state index in [0.717, 1.165) is 30.5 Å². The average molecular weight is 291 g/mol. The molecule has 102 valence electrons. The zero-order valence-electron chi connectivity index (χ0n) is 10.5. The summed E-state index contributed by atoms with van der Waals surface area (Å²) in [4.78, 5) is 19.4. The van der Waals surface area contributed by atoms with E-state index in [1.54, 1.807) is 6.07 Å². The van der Waals surface area contributed by atoms with E-state index in [1.807, 2.05) is 0 Å². The van der Waals surface area contributed by atoms with Crippen molar-refractivity contribution in [1.82, 2.24) is 9.97 Å². The third-order valence-electron chi connectivity index (χ3n) is 3.22. The van der Waals surface area contributed by atoms with Gasteiger partial charge in [0, 0.05) is 5.56 Å². The molecule has 0 radical (unpaired) electrons. The predicted octanol–water partition coefficient (Wildman–Crippen LogP) is 3.11. The van der Waals surface area contributed by atoms with E-state index in [0.29, 0.717) is 11.6 Å². The Morgan fingerprint density at radius 2 is 2.15 bits per heavy atom. The standard InChI is InChI=1S/C14H11ClN2O3/c15-11-5-4-8(6-10(11)14(18)19)20-13-9-2-1-3-12(9)16-7-17-13/h4-7H,1-3H2,(H,18,19). The highest BCUT2D eigenvalue weighted by Crippen LogP contribution is 2.31. The van der Waals surface area contributed by atoms with Crippen LogP contribution in [0.5, 0.6) is 11.6 Å². The fourth-order valence-electron chi connectivity index (χ4n) is 2.26. The number of carboxylic acid groups (broad SMARTS) is 1. The molecular weight excluding hydrogens is 280 g/mol. The van der Waals surface area contributed by atoms with E-state index in [2.05, 4.69) is 9.97 Å². The second-order valence-electron chi connectivity index (χ2n) is 4.51. The third kappa shape index (κ3) is 2.32. The lowest BCUT2D eigenvalue weighted by molar-refractivity contribution is 0.0696. The van der Waals surface area contributed by atoms with Gasteiger partial charge in [-0.25, -0.2) is 14.8 Å². The molecule has 1 aromatic heterocycles. The zero-order valence-corrected chi connectivity index (χ0v) is 11.2. The van der Waals surface area contributed by atoms with Gasteiger partial charge in [-0.15, -0.1) is 0 Å². The summed E-state index contributed by atoms with van der Waals surface area (Å²) < 4.78 is 5.69. The second-order valence-corrected chi connectivity index (χ2v) is 4.91. The van der Waals surface area contributed by atoms with Gasteiger partial charge in [-0.05, 0) is 37.5 Å². The number of fused-ring (bicyclic) bond motifs is 1. The molecule has 0 saturated carbocycles. The molecule has 1 heterocycles. The minimum Gasteiger partial charge on any atom is -0.478 e. The number of hydrogen-bond donors (Lipinski definition) is 1. The van der Waals surface area contributed by atoms with Gasteiger partial charge in [0.25, 0.3) is 0 Å². The summed E-state index contributed by atoms with van der Waals surface area (Å²) >= 11 is 5.83. The first-order valence-corrected chi connectivity index (χ1v) is 6.56. The largest absolute Gasteiger partial charge is 0.478 e. The van der Waals surface area contributed by atoms with Gasteiger partial charge < -0.3 is 9.84 Å². The number of ether oxygens (including phenoxy) is 1. The summed E-state index contributed by atoms with van der Waals surface area (Å²) in [5.41, 5.74) is 2.01. The van der Waals surface area contributed by atoms with Gasteiger partial charge in [-0.2, -0.15) is 0 Å². The van der Waals surface area contributed by atoms with Gasteiger partial charge >= 0.3 is 5.97 Å². The van der Waals surface area contributed by atoms with Crippen LogP contribution in [0.1, 0.15) is 28.0 Å². The number of hydrogen-bond acceptors (Lipinski definition) is 4. The highest BCUT2D eigenvalue weighted by molar-refractivity contribution is 6.33. The van der Waals surface area contributed by atoms with Crippen molar-refractivity contribution in [3.8, 4) is 11.6 Å². The summed E-state index contributed by atoms with van der Waals surface area (Å²) in [7, 11) is 0. The number of carbonyl (C=O) groups is 1. The van der Waals surface area contributed by atoms with Crippen molar-refractivity contribution in [3.05, 3.63) is 46.4 Å². The third-order valence-corrected chi connectivity index (χ3v) is 3.55. The molecule has 0 aliphatic heterocycles. The lowest BCUT2D eigenvalue weighted by Gasteiger charge is -2.09. The first-order valence-electron chi connectivity index (χ1n) is 6.18. The molecule has 5 nitrogen and oxygen atoms in total. The molecule has 6 heteroatoms. The molecule has 0 saturated heterocycles. The predicted molar refractivity (Wildman–Crippen MR) is 72.5 cm³/mol. The van der Waals surface area contributed by atoms with Crippen LogP contribution in [0, 0.1) is 0 Å². The Balaban J connectivity index is 1.94. The van der Waals surface area contributed by atoms with Crippen LogP contribution in [-0.4, -0.2) is 21.0 Å². The van der Waals surface area contributed by atoms with Crippen molar-refractivity contribution in [1.29, 1.82) is 0 Å². The fourth-order valence-corrected chi connectivity index (χ4v) is 2.46. The lowest BCUT2D eigenvalue weighted by Crippen LogP contribution is -2.00. The molecule has 0 unspecified atom stereocenters. The Kier molecular flexibility index (Phi) is 3.28. The first-order chi connectivity index (χ1) is 9.65. The van der Waals surface area contributed by atoms with Gasteiger partial charge in [0.2, 0.25) is 5.88 Å². The van der Waals surface area contributed by atoms with Gasteiger partial charge in [0.1, 0.15) is 12.1 Å². The summed E-state index contributed by atoms with van der Waals surface area (Å²) in [6, 6.07) is 4.52. The molecular formula is C14H11ClN2O3. The monoisotopic (exact) mass is 290 g/mol. The number of benzene rings is 1. The number of halogens is 1. The molecule has 20 heavy (non-hydrogen) atoms. The Morgan fingerprint density at radius 1 is 1.30 bits per heavy atom. The van der Waals surface area contributed by atoms with Crippen LogP contribution >= 0.6 is 11.6 Å². The molecule has 3 rings (SSSR count). The van der Waals surface area contributed by atoms with Crippen molar-refractivity contribution in [2.45, 2.75) is 19.3 Å². The number of aromatic nitrogens is 2. The van der Waals surface area contributed by atoms with Crippen molar-refractivity contribution in [2.75, 3.05) is 0 Å². The number of rotatable bonds is 3. The zero-order chi connectivity index (χ0) is 14.1.